The standard InChI is InChI=1S/C22H19NO4S2/c1-2-12-27-17-10-8-16(9-11-17)14-19-20(24)23(22(28)29-19)18(21(25)26)13-15-6-4-3-5-7-15/h2-11,14,18H,1,12-13H2,(H,25,26)/p-1/b19-14-/t18-/m1/s1. The Bertz CT molecular complexity index is 955. The molecule has 1 fully saturated rings. The molecule has 0 aliphatic carbocycles. The molecule has 0 unspecified atom stereocenters. The summed E-state index contributed by atoms with van der Waals surface area (Å²) in [5, 5.41) is 11.8. The molecule has 3 rings (SSSR count). The summed E-state index contributed by atoms with van der Waals surface area (Å²) >= 11 is 6.38. The predicted octanol–water partition coefficient (Wildman–Crippen LogP) is 2.81. The zero-order chi connectivity index (χ0) is 20.8. The van der Waals surface area contributed by atoms with Gasteiger partial charge in [0.05, 0.1) is 16.9 Å². The van der Waals surface area contributed by atoms with E-state index in [0.29, 0.717) is 17.3 Å². The van der Waals surface area contributed by atoms with Crippen LogP contribution in [0.2, 0.25) is 0 Å². The van der Waals surface area contributed by atoms with Crippen LogP contribution >= 0.6 is 24.0 Å². The van der Waals surface area contributed by atoms with Crippen LogP contribution < -0.4 is 9.84 Å². The molecule has 0 radical (unpaired) electrons. The second kappa shape index (κ2) is 9.54. The van der Waals surface area contributed by atoms with E-state index in [4.69, 9.17) is 17.0 Å². The number of amides is 1. The Balaban J connectivity index is 1.79. The second-order valence-corrected chi connectivity index (χ2v) is 7.92. The van der Waals surface area contributed by atoms with Gasteiger partial charge in [0.15, 0.2) is 0 Å². The average Bonchev–Trinajstić information content (AvgIpc) is 2.99. The van der Waals surface area contributed by atoms with E-state index in [1.807, 2.05) is 30.3 Å². The Kier molecular flexibility index (Phi) is 6.85. The van der Waals surface area contributed by atoms with Gasteiger partial charge in [-0.2, -0.15) is 0 Å². The van der Waals surface area contributed by atoms with Crippen LogP contribution in [0.4, 0.5) is 0 Å². The van der Waals surface area contributed by atoms with Crippen LogP contribution in [0.15, 0.2) is 72.2 Å². The van der Waals surface area contributed by atoms with Crippen molar-refractivity contribution < 1.29 is 19.4 Å². The maximum atomic E-state index is 12.9. The third-order valence-electron chi connectivity index (χ3n) is 4.22. The number of thioether (sulfide) groups is 1. The zero-order valence-corrected chi connectivity index (χ0v) is 17.1. The lowest BCUT2D eigenvalue weighted by molar-refractivity contribution is -0.310. The fraction of sp³-hybridized carbons (Fsp3) is 0.136. The number of thiocarbonyl (C=S) groups is 1. The van der Waals surface area contributed by atoms with Crippen molar-refractivity contribution in [3.63, 3.8) is 0 Å². The lowest BCUT2D eigenvalue weighted by atomic mass is 10.0. The molecule has 1 amide bonds. The quantitative estimate of drug-likeness (QED) is 0.369. The molecule has 148 valence electrons. The summed E-state index contributed by atoms with van der Waals surface area (Å²) in [5.74, 6) is -1.08. The first kappa shape index (κ1) is 20.8. The summed E-state index contributed by atoms with van der Waals surface area (Å²) in [5.41, 5.74) is 1.57. The van der Waals surface area contributed by atoms with E-state index in [2.05, 4.69) is 6.58 Å². The highest BCUT2D eigenvalue weighted by Gasteiger charge is 2.37. The lowest BCUT2D eigenvalue weighted by Crippen LogP contribution is -2.51. The fourth-order valence-corrected chi connectivity index (χ4v) is 4.19. The van der Waals surface area contributed by atoms with Crippen molar-refractivity contribution in [1.29, 1.82) is 0 Å². The SMILES string of the molecule is C=CCOc1ccc(/C=C2\SC(=S)N([C@H](Cc3ccccc3)C(=O)[O-])C2=O)cc1. The van der Waals surface area contributed by atoms with Gasteiger partial charge in [0, 0.05) is 0 Å². The van der Waals surface area contributed by atoms with Crippen LogP contribution in [0.5, 0.6) is 5.75 Å². The van der Waals surface area contributed by atoms with Crippen LogP contribution in [-0.4, -0.2) is 33.7 Å². The van der Waals surface area contributed by atoms with Gasteiger partial charge in [-0.05, 0) is 35.8 Å². The third-order valence-corrected chi connectivity index (χ3v) is 5.56. The Morgan fingerprint density at radius 1 is 1.21 bits per heavy atom. The van der Waals surface area contributed by atoms with E-state index in [-0.39, 0.29) is 10.7 Å². The van der Waals surface area contributed by atoms with Gasteiger partial charge in [-0.25, -0.2) is 0 Å². The first-order chi connectivity index (χ1) is 14.0. The van der Waals surface area contributed by atoms with Crippen LogP contribution in [0.25, 0.3) is 6.08 Å². The number of hydrogen-bond acceptors (Lipinski definition) is 6. The smallest absolute Gasteiger partial charge is 0.266 e. The first-order valence-electron chi connectivity index (χ1n) is 8.85. The normalized spacial score (nSPS) is 16.1. The van der Waals surface area contributed by atoms with Crippen molar-refractivity contribution in [3.05, 3.63) is 83.3 Å². The molecule has 2 aromatic rings. The minimum Gasteiger partial charge on any atom is -0.548 e. The number of carbonyl (C=O) groups is 2. The number of hydrogen-bond donors (Lipinski definition) is 0. The molecule has 2 aromatic carbocycles. The van der Waals surface area contributed by atoms with E-state index in [1.165, 1.54) is 0 Å². The number of carbonyl (C=O) groups excluding carboxylic acids is 2. The molecular weight excluding hydrogens is 406 g/mol. The molecule has 29 heavy (non-hydrogen) atoms. The number of benzene rings is 2. The number of ether oxygens (including phenoxy) is 1. The maximum Gasteiger partial charge on any atom is 0.266 e. The van der Waals surface area contributed by atoms with Gasteiger partial charge >= 0.3 is 0 Å². The second-order valence-electron chi connectivity index (χ2n) is 6.24. The van der Waals surface area contributed by atoms with Crippen molar-refractivity contribution in [3.8, 4) is 5.75 Å². The molecule has 1 saturated heterocycles. The van der Waals surface area contributed by atoms with Gasteiger partial charge in [-0.1, -0.05) is 79.1 Å². The summed E-state index contributed by atoms with van der Waals surface area (Å²) in [6.45, 7) is 4.01. The van der Waals surface area contributed by atoms with Crippen molar-refractivity contribution in [2.45, 2.75) is 12.5 Å². The van der Waals surface area contributed by atoms with Gasteiger partial charge in [-0.3, -0.25) is 9.69 Å². The minimum absolute atomic E-state index is 0.123. The average molecular weight is 425 g/mol. The molecule has 7 heteroatoms. The topological polar surface area (TPSA) is 69.7 Å². The van der Waals surface area contributed by atoms with Gasteiger partial charge < -0.3 is 14.6 Å². The first-order valence-corrected chi connectivity index (χ1v) is 10.1. The Morgan fingerprint density at radius 2 is 1.90 bits per heavy atom. The van der Waals surface area contributed by atoms with E-state index in [0.717, 1.165) is 27.8 Å². The molecule has 1 atom stereocenters. The summed E-state index contributed by atoms with van der Waals surface area (Å²) in [7, 11) is 0. The predicted molar refractivity (Wildman–Crippen MR) is 116 cm³/mol. The molecular formula is C22H18NO4S2-. The van der Waals surface area contributed by atoms with Gasteiger partial charge in [-0.15, -0.1) is 0 Å². The zero-order valence-electron chi connectivity index (χ0n) is 15.4. The monoisotopic (exact) mass is 424 g/mol. The van der Waals surface area contributed by atoms with E-state index < -0.39 is 17.9 Å². The molecule has 0 spiro atoms. The van der Waals surface area contributed by atoms with Crippen molar-refractivity contribution in [2.24, 2.45) is 0 Å². The number of aliphatic carboxylic acids is 1. The molecule has 0 aromatic heterocycles. The molecule has 5 nitrogen and oxygen atoms in total. The lowest BCUT2D eigenvalue weighted by Gasteiger charge is -2.27. The summed E-state index contributed by atoms with van der Waals surface area (Å²) < 4.78 is 5.64. The molecule has 1 aliphatic rings. The maximum absolute atomic E-state index is 12.9. The number of carboxylic acid groups (broad SMARTS) is 1. The minimum atomic E-state index is -1.34. The Labute approximate surface area is 178 Å². The largest absolute Gasteiger partial charge is 0.548 e. The number of rotatable bonds is 8. The fourth-order valence-electron chi connectivity index (χ4n) is 2.83. The van der Waals surface area contributed by atoms with Gasteiger partial charge in [0.2, 0.25) is 0 Å². The van der Waals surface area contributed by atoms with E-state index in [1.54, 1.807) is 36.4 Å². The van der Waals surface area contributed by atoms with Crippen molar-refractivity contribution >= 4 is 46.3 Å². The highest BCUT2D eigenvalue weighted by atomic mass is 32.2. The van der Waals surface area contributed by atoms with E-state index >= 15 is 0 Å². The third kappa shape index (κ3) is 5.13. The molecule has 0 N–H and O–H groups in total. The highest BCUT2D eigenvalue weighted by Crippen LogP contribution is 2.34. The summed E-state index contributed by atoms with van der Waals surface area (Å²) in [6.07, 6.45) is 3.46. The molecule has 1 aliphatic heterocycles. The molecule has 0 saturated carbocycles. The number of nitrogens with zero attached hydrogens (tertiary/aromatic N) is 1. The van der Waals surface area contributed by atoms with Gasteiger partial charge in [0.25, 0.3) is 5.91 Å². The van der Waals surface area contributed by atoms with E-state index in [9.17, 15) is 14.7 Å². The highest BCUT2D eigenvalue weighted by molar-refractivity contribution is 8.26. The summed E-state index contributed by atoms with van der Waals surface area (Å²) in [6, 6.07) is 15.1. The molecule has 1 heterocycles. The summed E-state index contributed by atoms with van der Waals surface area (Å²) in [4.78, 5) is 26.1. The molecule has 0 bridgehead atoms. The van der Waals surface area contributed by atoms with Crippen LogP contribution in [0.1, 0.15) is 11.1 Å². The van der Waals surface area contributed by atoms with Crippen molar-refractivity contribution in [1.82, 2.24) is 4.90 Å². The Hall–Kier alpha value is -2.90. The Morgan fingerprint density at radius 3 is 2.52 bits per heavy atom. The van der Waals surface area contributed by atoms with Crippen molar-refractivity contribution in [2.75, 3.05) is 6.61 Å². The van der Waals surface area contributed by atoms with Gasteiger partial charge in [0.1, 0.15) is 16.7 Å². The van der Waals surface area contributed by atoms with Crippen LogP contribution in [-0.2, 0) is 16.0 Å². The van der Waals surface area contributed by atoms with Crippen LogP contribution in [0, 0.1) is 0 Å². The number of carboxylic acids is 1. The van der Waals surface area contributed by atoms with Crippen LogP contribution in [0.3, 0.4) is 0 Å².